The van der Waals surface area contributed by atoms with Crippen LogP contribution >= 0.6 is 0 Å². The number of carbonyl (C=O) groups is 1. The van der Waals surface area contributed by atoms with Crippen LogP contribution in [0.1, 0.15) is 11.1 Å². The molecule has 1 heterocycles. The Balaban J connectivity index is 3.29. The lowest BCUT2D eigenvalue weighted by molar-refractivity contribution is -0.276. The number of hydrogen-bond donors (Lipinski definition) is 1. The van der Waals surface area contributed by atoms with Crippen LogP contribution in [0.4, 0.5) is 17.6 Å². The maximum atomic E-state index is 12.7. The first-order chi connectivity index (χ1) is 8.76. The summed E-state index contributed by atoms with van der Waals surface area (Å²) in [4.78, 5) is 23.9. The first-order valence-electron chi connectivity index (χ1n) is 4.90. The molecule has 1 N–H and O–H groups in total. The van der Waals surface area contributed by atoms with Gasteiger partial charge in [-0.15, -0.1) is 13.2 Å². The van der Waals surface area contributed by atoms with Crippen molar-refractivity contribution in [3.63, 3.8) is 0 Å². The van der Waals surface area contributed by atoms with E-state index in [9.17, 15) is 27.2 Å². The van der Waals surface area contributed by atoms with Crippen LogP contribution in [0.2, 0.25) is 0 Å². The van der Waals surface area contributed by atoms with Crippen LogP contribution in [0.5, 0.6) is 5.88 Å². The van der Waals surface area contributed by atoms with E-state index in [0.717, 1.165) is 13.2 Å². The molecule has 0 aromatic carbocycles. The number of carbonyl (C=O) groups excluding carboxylic acids is 1. The second-order valence-electron chi connectivity index (χ2n) is 3.40. The summed E-state index contributed by atoms with van der Waals surface area (Å²) in [6.07, 6.45) is -5.74. The highest BCUT2D eigenvalue weighted by Gasteiger charge is 2.33. The van der Waals surface area contributed by atoms with Crippen LogP contribution in [0.3, 0.4) is 0 Å². The highest BCUT2D eigenvalue weighted by atomic mass is 19.4. The Hall–Kier alpha value is -2.06. The quantitative estimate of drug-likeness (QED) is 0.671. The molecular weight excluding hydrogens is 274 g/mol. The number of pyridine rings is 1. The number of nitrogens with one attached hydrogen (secondary N) is 1. The van der Waals surface area contributed by atoms with E-state index in [0.29, 0.717) is 0 Å². The maximum absolute atomic E-state index is 12.7. The zero-order valence-electron chi connectivity index (χ0n) is 9.64. The molecule has 106 valence electrons. The van der Waals surface area contributed by atoms with E-state index in [1.54, 1.807) is 4.98 Å². The van der Waals surface area contributed by atoms with Gasteiger partial charge in [-0.25, -0.2) is 4.39 Å². The molecule has 0 unspecified atom stereocenters. The number of aromatic amines is 1. The first kappa shape index (κ1) is 15.0. The molecule has 0 atom stereocenters. The molecule has 9 heteroatoms. The van der Waals surface area contributed by atoms with Gasteiger partial charge in [-0.05, 0) is 5.56 Å². The lowest BCUT2D eigenvalue weighted by Crippen LogP contribution is -2.23. The summed E-state index contributed by atoms with van der Waals surface area (Å²) in [6, 6.07) is 0.751. The lowest BCUT2D eigenvalue weighted by atomic mass is 10.1. The molecule has 0 saturated heterocycles. The van der Waals surface area contributed by atoms with Crippen molar-refractivity contribution in [3.8, 4) is 5.88 Å². The number of H-pyrrole nitrogens is 1. The van der Waals surface area contributed by atoms with Crippen molar-refractivity contribution in [2.24, 2.45) is 0 Å². The number of hydrogen-bond acceptors (Lipinski definition) is 4. The molecule has 0 fully saturated rings. The fourth-order valence-corrected chi connectivity index (χ4v) is 1.35. The number of esters is 1. The number of ether oxygens (including phenoxy) is 2. The number of rotatable bonds is 4. The Morgan fingerprint density at radius 3 is 2.53 bits per heavy atom. The predicted molar refractivity (Wildman–Crippen MR) is 54.3 cm³/mol. The van der Waals surface area contributed by atoms with Crippen LogP contribution in [0, 0.1) is 0 Å². The molecule has 0 spiro atoms. The monoisotopic (exact) mass is 283 g/mol. The maximum Gasteiger partial charge on any atom is 0.574 e. The van der Waals surface area contributed by atoms with Crippen LogP contribution < -0.4 is 10.3 Å². The Morgan fingerprint density at radius 1 is 1.42 bits per heavy atom. The van der Waals surface area contributed by atoms with E-state index in [1.807, 2.05) is 0 Å². The Labute approximate surface area is 104 Å². The molecule has 5 nitrogen and oxygen atoms in total. The third-order valence-electron chi connectivity index (χ3n) is 2.11. The van der Waals surface area contributed by atoms with Crippen LogP contribution in [-0.4, -0.2) is 24.4 Å². The van der Waals surface area contributed by atoms with Gasteiger partial charge in [-0.1, -0.05) is 0 Å². The fourth-order valence-electron chi connectivity index (χ4n) is 1.35. The Morgan fingerprint density at radius 2 is 2.05 bits per heavy atom. The van der Waals surface area contributed by atoms with E-state index in [4.69, 9.17) is 0 Å². The van der Waals surface area contributed by atoms with E-state index in [2.05, 4.69) is 9.47 Å². The highest BCUT2D eigenvalue weighted by molar-refractivity contribution is 5.73. The van der Waals surface area contributed by atoms with Gasteiger partial charge in [0.2, 0.25) is 5.88 Å². The SMILES string of the molecule is COC(=O)Cc1c(CF)cc(=O)[nH]c1OC(F)(F)F. The van der Waals surface area contributed by atoms with Gasteiger partial charge in [-0.2, -0.15) is 0 Å². The van der Waals surface area contributed by atoms with Crippen molar-refractivity contribution < 1.29 is 31.8 Å². The van der Waals surface area contributed by atoms with Crippen molar-refractivity contribution >= 4 is 5.97 Å². The van der Waals surface area contributed by atoms with Gasteiger partial charge in [0.15, 0.2) is 0 Å². The zero-order chi connectivity index (χ0) is 14.6. The summed E-state index contributed by atoms with van der Waals surface area (Å²) in [6.45, 7) is -1.22. The van der Waals surface area contributed by atoms with Gasteiger partial charge in [0.25, 0.3) is 5.56 Å². The Kier molecular flexibility index (Phi) is 4.52. The molecular formula is C10H9F4NO4. The molecule has 1 aromatic rings. The minimum Gasteiger partial charge on any atom is -0.469 e. The van der Waals surface area contributed by atoms with Gasteiger partial charge < -0.3 is 9.47 Å². The van der Waals surface area contributed by atoms with Crippen molar-refractivity contribution in [1.29, 1.82) is 0 Å². The minimum atomic E-state index is -5.08. The summed E-state index contributed by atoms with van der Waals surface area (Å²) in [5.41, 5.74) is -1.75. The normalized spacial score (nSPS) is 11.2. The molecule has 19 heavy (non-hydrogen) atoms. The highest BCUT2D eigenvalue weighted by Crippen LogP contribution is 2.26. The second-order valence-corrected chi connectivity index (χ2v) is 3.40. The molecule has 0 bridgehead atoms. The van der Waals surface area contributed by atoms with Crippen molar-refractivity contribution in [1.82, 2.24) is 4.98 Å². The van der Waals surface area contributed by atoms with Crippen LogP contribution in [0.15, 0.2) is 10.9 Å². The fraction of sp³-hybridized carbons (Fsp3) is 0.400. The number of aromatic nitrogens is 1. The van der Waals surface area contributed by atoms with Crippen molar-refractivity contribution in [2.45, 2.75) is 19.5 Å². The molecule has 1 rings (SSSR count). The Bertz CT molecular complexity index is 523. The van der Waals surface area contributed by atoms with Crippen molar-refractivity contribution in [3.05, 3.63) is 27.5 Å². The zero-order valence-corrected chi connectivity index (χ0v) is 9.64. The average Bonchev–Trinajstić information content (AvgIpc) is 2.29. The average molecular weight is 283 g/mol. The van der Waals surface area contributed by atoms with Gasteiger partial charge in [0, 0.05) is 11.6 Å². The summed E-state index contributed by atoms with van der Waals surface area (Å²) >= 11 is 0. The summed E-state index contributed by atoms with van der Waals surface area (Å²) < 4.78 is 57.0. The number of halogens is 4. The molecule has 1 aromatic heterocycles. The van der Waals surface area contributed by atoms with Crippen LogP contribution in [0.25, 0.3) is 0 Å². The summed E-state index contributed by atoms with van der Waals surface area (Å²) in [5, 5.41) is 0. The number of alkyl halides is 4. The van der Waals surface area contributed by atoms with E-state index in [-0.39, 0.29) is 5.56 Å². The van der Waals surface area contributed by atoms with Gasteiger partial charge in [0.05, 0.1) is 13.5 Å². The molecule has 0 aliphatic carbocycles. The largest absolute Gasteiger partial charge is 0.574 e. The molecule has 0 aliphatic heterocycles. The molecule has 0 radical (unpaired) electrons. The molecule has 0 amide bonds. The van der Waals surface area contributed by atoms with Crippen LogP contribution in [-0.2, 0) is 22.6 Å². The number of methoxy groups -OCH3 is 1. The van der Waals surface area contributed by atoms with Crippen molar-refractivity contribution in [2.75, 3.05) is 7.11 Å². The lowest BCUT2D eigenvalue weighted by Gasteiger charge is -2.14. The van der Waals surface area contributed by atoms with E-state index < -0.39 is 42.4 Å². The van der Waals surface area contributed by atoms with Gasteiger partial charge in [-0.3, -0.25) is 14.6 Å². The van der Waals surface area contributed by atoms with E-state index in [1.165, 1.54) is 0 Å². The topological polar surface area (TPSA) is 68.4 Å². The first-order valence-corrected chi connectivity index (χ1v) is 4.90. The van der Waals surface area contributed by atoms with E-state index >= 15 is 0 Å². The smallest absolute Gasteiger partial charge is 0.469 e. The minimum absolute atomic E-state index is 0.367. The van der Waals surface area contributed by atoms with Gasteiger partial charge >= 0.3 is 12.3 Å². The summed E-state index contributed by atoms with van der Waals surface area (Å²) in [5.74, 6) is -1.91. The molecule has 0 saturated carbocycles. The van der Waals surface area contributed by atoms with Gasteiger partial charge in [0.1, 0.15) is 6.67 Å². The standard InChI is InChI=1S/C10H9F4NO4/c1-18-8(17)3-6-5(4-11)2-7(16)15-9(6)19-10(12,13)14/h2H,3-4H2,1H3,(H,15,16). The second kappa shape index (κ2) is 5.72. The summed E-state index contributed by atoms with van der Waals surface area (Å²) in [7, 11) is 1.02. The molecule has 0 aliphatic rings. The third kappa shape index (κ3) is 4.27. The predicted octanol–water partition coefficient (Wildman–Crippen LogP) is 1.46. The third-order valence-corrected chi connectivity index (χ3v) is 2.11.